The SMILES string of the molecule is CC1CCC(C)(O)[C@@H]2CN(C(C)(C)CC(C)(C)Br)C(=O)[C@H]12. The highest BCUT2D eigenvalue weighted by molar-refractivity contribution is 9.10. The van der Waals surface area contributed by atoms with Crippen LogP contribution in [0.1, 0.15) is 60.8 Å². The first-order valence-electron chi connectivity index (χ1n) is 8.08. The summed E-state index contributed by atoms with van der Waals surface area (Å²) in [5, 5.41) is 10.7. The van der Waals surface area contributed by atoms with Gasteiger partial charge in [-0.05, 0) is 59.8 Å². The number of halogens is 1. The van der Waals surface area contributed by atoms with Crippen molar-refractivity contribution in [1.29, 1.82) is 0 Å². The fourth-order valence-electron chi connectivity index (χ4n) is 4.53. The zero-order valence-electron chi connectivity index (χ0n) is 14.2. The molecule has 21 heavy (non-hydrogen) atoms. The van der Waals surface area contributed by atoms with Gasteiger partial charge in [-0.1, -0.05) is 22.9 Å². The van der Waals surface area contributed by atoms with Crippen LogP contribution in [0.25, 0.3) is 0 Å². The Kier molecular flexibility index (Phi) is 4.30. The number of likely N-dealkylation sites (tertiary alicyclic amines) is 1. The van der Waals surface area contributed by atoms with E-state index in [0.717, 1.165) is 19.3 Å². The van der Waals surface area contributed by atoms with Crippen LogP contribution >= 0.6 is 15.9 Å². The molecule has 0 aromatic heterocycles. The van der Waals surface area contributed by atoms with Crippen LogP contribution in [0, 0.1) is 17.8 Å². The largest absolute Gasteiger partial charge is 0.390 e. The Bertz CT molecular complexity index is 425. The second kappa shape index (κ2) is 5.23. The summed E-state index contributed by atoms with van der Waals surface area (Å²) in [6, 6.07) is 0. The van der Waals surface area contributed by atoms with E-state index in [1.54, 1.807) is 0 Å². The third kappa shape index (κ3) is 3.31. The van der Waals surface area contributed by atoms with E-state index >= 15 is 0 Å². The highest BCUT2D eigenvalue weighted by Gasteiger charge is 2.56. The number of nitrogens with zero attached hydrogens (tertiary/aromatic N) is 1. The summed E-state index contributed by atoms with van der Waals surface area (Å²) in [7, 11) is 0. The van der Waals surface area contributed by atoms with E-state index in [1.165, 1.54) is 0 Å². The first kappa shape index (κ1) is 17.3. The minimum Gasteiger partial charge on any atom is -0.390 e. The number of amides is 1. The maximum absolute atomic E-state index is 13.0. The molecule has 4 atom stereocenters. The van der Waals surface area contributed by atoms with E-state index < -0.39 is 5.60 Å². The number of carbonyl (C=O) groups is 1. The zero-order valence-corrected chi connectivity index (χ0v) is 15.8. The third-order valence-electron chi connectivity index (χ3n) is 5.47. The summed E-state index contributed by atoms with van der Waals surface area (Å²) in [5.41, 5.74) is -0.904. The molecule has 2 aliphatic rings. The van der Waals surface area contributed by atoms with Gasteiger partial charge in [-0.2, -0.15) is 0 Å². The van der Waals surface area contributed by atoms with Crippen molar-refractivity contribution in [2.24, 2.45) is 17.8 Å². The standard InChI is InChI=1S/C17H30BrNO2/c1-11-7-8-17(6,21)12-9-19(14(20)13(11)12)16(4,5)10-15(2,3)18/h11-13,21H,7-10H2,1-6H3/t11?,12-,13-,17?/m1/s1. The van der Waals surface area contributed by atoms with Crippen molar-refractivity contribution in [3.8, 4) is 0 Å². The topological polar surface area (TPSA) is 40.5 Å². The summed E-state index contributed by atoms with van der Waals surface area (Å²) in [6.45, 7) is 13.3. The van der Waals surface area contributed by atoms with Crippen molar-refractivity contribution in [2.75, 3.05) is 6.54 Å². The molecule has 2 unspecified atom stereocenters. The lowest BCUT2D eigenvalue weighted by molar-refractivity contribution is -0.139. The lowest BCUT2D eigenvalue weighted by Gasteiger charge is -2.41. The van der Waals surface area contributed by atoms with Crippen LogP contribution < -0.4 is 0 Å². The average molecular weight is 360 g/mol. The van der Waals surface area contributed by atoms with E-state index in [1.807, 2.05) is 11.8 Å². The van der Waals surface area contributed by atoms with Gasteiger partial charge in [-0.25, -0.2) is 0 Å². The molecule has 4 heteroatoms. The molecule has 1 amide bonds. The predicted molar refractivity (Wildman–Crippen MR) is 89.4 cm³/mol. The zero-order chi connectivity index (χ0) is 16.2. The van der Waals surface area contributed by atoms with Crippen molar-refractivity contribution in [1.82, 2.24) is 4.90 Å². The molecule has 0 radical (unpaired) electrons. The van der Waals surface area contributed by atoms with Crippen LogP contribution in [0.4, 0.5) is 0 Å². The average Bonchev–Trinajstić information content (AvgIpc) is 2.61. The Labute approximate surface area is 137 Å². The van der Waals surface area contributed by atoms with Crippen molar-refractivity contribution in [3.63, 3.8) is 0 Å². The summed E-state index contributed by atoms with van der Waals surface area (Å²) >= 11 is 3.71. The minimum absolute atomic E-state index is 0.00131. The first-order valence-corrected chi connectivity index (χ1v) is 8.87. The minimum atomic E-state index is -0.707. The van der Waals surface area contributed by atoms with Crippen molar-refractivity contribution < 1.29 is 9.90 Å². The van der Waals surface area contributed by atoms with Crippen LogP contribution in [-0.4, -0.2) is 37.9 Å². The van der Waals surface area contributed by atoms with Gasteiger partial charge in [-0.15, -0.1) is 0 Å². The molecule has 1 aliphatic heterocycles. The molecule has 1 saturated carbocycles. The molecule has 2 rings (SSSR count). The van der Waals surface area contributed by atoms with Gasteiger partial charge in [0.1, 0.15) is 0 Å². The Morgan fingerprint density at radius 2 is 1.95 bits per heavy atom. The van der Waals surface area contributed by atoms with E-state index in [0.29, 0.717) is 12.5 Å². The van der Waals surface area contributed by atoms with Gasteiger partial charge in [0.05, 0.1) is 5.60 Å². The molecule has 0 spiro atoms. The van der Waals surface area contributed by atoms with Crippen molar-refractivity contribution in [3.05, 3.63) is 0 Å². The molecule has 0 aromatic carbocycles. The Morgan fingerprint density at radius 3 is 2.43 bits per heavy atom. The summed E-state index contributed by atoms with van der Waals surface area (Å²) in [6.07, 6.45) is 2.64. The summed E-state index contributed by atoms with van der Waals surface area (Å²) in [4.78, 5) is 15.0. The second-order valence-electron chi connectivity index (χ2n) is 8.66. The van der Waals surface area contributed by atoms with Crippen LogP contribution in [0.3, 0.4) is 0 Å². The Morgan fingerprint density at radius 1 is 1.38 bits per heavy atom. The first-order chi connectivity index (χ1) is 9.35. The van der Waals surface area contributed by atoms with Crippen molar-refractivity contribution >= 4 is 21.8 Å². The van der Waals surface area contributed by atoms with Gasteiger partial charge >= 0.3 is 0 Å². The number of hydrogen-bond acceptors (Lipinski definition) is 2. The number of carbonyl (C=O) groups excluding carboxylic acids is 1. The number of fused-ring (bicyclic) bond motifs is 1. The van der Waals surface area contributed by atoms with Gasteiger partial charge in [0.15, 0.2) is 0 Å². The van der Waals surface area contributed by atoms with Gasteiger partial charge in [0.2, 0.25) is 5.91 Å². The van der Waals surface area contributed by atoms with Gasteiger partial charge in [0.25, 0.3) is 0 Å². The Balaban J connectivity index is 2.27. The predicted octanol–water partition coefficient (Wildman–Crippen LogP) is 3.58. The fourth-order valence-corrected chi connectivity index (χ4v) is 5.22. The van der Waals surface area contributed by atoms with Crippen LogP contribution in [0.2, 0.25) is 0 Å². The summed E-state index contributed by atoms with van der Waals surface area (Å²) in [5.74, 6) is 0.688. The number of rotatable bonds is 3. The maximum atomic E-state index is 13.0. The smallest absolute Gasteiger partial charge is 0.226 e. The number of aliphatic hydroxyl groups is 1. The molecule has 1 saturated heterocycles. The van der Waals surface area contributed by atoms with Crippen LogP contribution in [0.15, 0.2) is 0 Å². The second-order valence-corrected chi connectivity index (χ2v) is 10.8. The molecule has 1 aliphatic carbocycles. The van der Waals surface area contributed by atoms with Gasteiger partial charge in [-0.3, -0.25) is 4.79 Å². The molecule has 3 nitrogen and oxygen atoms in total. The maximum Gasteiger partial charge on any atom is 0.226 e. The molecule has 1 N–H and O–H groups in total. The molecule has 0 aromatic rings. The Hall–Kier alpha value is -0.0900. The molecule has 1 heterocycles. The fraction of sp³-hybridized carbons (Fsp3) is 0.941. The summed E-state index contributed by atoms with van der Waals surface area (Å²) < 4.78 is -0.00131. The van der Waals surface area contributed by atoms with Crippen molar-refractivity contribution in [2.45, 2.75) is 76.3 Å². The van der Waals surface area contributed by atoms with Gasteiger partial charge in [0, 0.05) is 28.2 Å². The molecule has 0 bridgehead atoms. The van der Waals surface area contributed by atoms with Crippen LogP contribution in [0.5, 0.6) is 0 Å². The molecular weight excluding hydrogens is 330 g/mol. The molecule has 2 fully saturated rings. The normalized spacial score (nSPS) is 37.8. The van der Waals surface area contributed by atoms with Gasteiger partial charge < -0.3 is 10.0 Å². The highest BCUT2D eigenvalue weighted by Crippen LogP contribution is 2.48. The molecular formula is C17H30BrNO2. The van der Waals surface area contributed by atoms with E-state index in [4.69, 9.17) is 0 Å². The van der Waals surface area contributed by atoms with E-state index in [-0.39, 0.29) is 27.6 Å². The van der Waals surface area contributed by atoms with Crippen LogP contribution in [-0.2, 0) is 4.79 Å². The highest BCUT2D eigenvalue weighted by atomic mass is 79.9. The molecule has 122 valence electrons. The monoisotopic (exact) mass is 359 g/mol. The lowest BCUT2D eigenvalue weighted by atomic mass is 9.67. The van der Waals surface area contributed by atoms with E-state index in [2.05, 4.69) is 50.5 Å². The lowest BCUT2D eigenvalue weighted by Crippen LogP contribution is -2.48. The number of hydrogen-bond donors (Lipinski definition) is 1. The van der Waals surface area contributed by atoms with E-state index in [9.17, 15) is 9.90 Å². The quantitative estimate of drug-likeness (QED) is 0.782. The third-order valence-corrected chi connectivity index (χ3v) is 5.75. The number of alkyl halides is 1.